The Morgan fingerprint density at radius 2 is 1.86 bits per heavy atom. The SMILES string of the molecule is COc1ccccc1C(=O)NCCC(=O)O[C@@H](C)C(=O)N1C[C@@H](C)O[C@@H](C)C1. The van der Waals surface area contributed by atoms with Crippen molar-refractivity contribution in [3.63, 3.8) is 0 Å². The van der Waals surface area contributed by atoms with Gasteiger partial charge >= 0.3 is 5.97 Å². The van der Waals surface area contributed by atoms with E-state index in [0.717, 1.165) is 0 Å². The van der Waals surface area contributed by atoms with E-state index in [1.54, 1.807) is 36.1 Å². The number of nitrogens with one attached hydrogen (secondary N) is 1. The number of ether oxygens (including phenoxy) is 3. The third-order valence-corrected chi connectivity index (χ3v) is 4.35. The molecule has 8 nitrogen and oxygen atoms in total. The molecule has 1 aliphatic rings. The van der Waals surface area contributed by atoms with E-state index in [0.29, 0.717) is 24.4 Å². The molecule has 2 amide bonds. The molecule has 0 saturated carbocycles. The summed E-state index contributed by atoms with van der Waals surface area (Å²) in [5, 5.41) is 2.65. The van der Waals surface area contributed by atoms with Gasteiger partial charge in [0.15, 0.2) is 6.10 Å². The van der Waals surface area contributed by atoms with Gasteiger partial charge in [-0.25, -0.2) is 0 Å². The Hall–Kier alpha value is -2.61. The summed E-state index contributed by atoms with van der Waals surface area (Å²) in [5.74, 6) is -0.676. The molecule has 2 rings (SSSR count). The summed E-state index contributed by atoms with van der Waals surface area (Å²) < 4.78 is 16.0. The number of amides is 2. The highest BCUT2D eigenvalue weighted by Gasteiger charge is 2.30. The van der Waals surface area contributed by atoms with Gasteiger partial charge < -0.3 is 24.4 Å². The first-order valence-corrected chi connectivity index (χ1v) is 9.36. The van der Waals surface area contributed by atoms with E-state index >= 15 is 0 Å². The summed E-state index contributed by atoms with van der Waals surface area (Å²) in [5.41, 5.74) is 0.387. The minimum Gasteiger partial charge on any atom is -0.496 e. The molecule has 0 aromatic heterocycles. The van der Waals surface area contributed by atoms with E-state index in [2.05, 4.69) is 5.32 Å². The van der Waals surface area contributed by atoms with Gasteiger partial charge in [0, 0.05) is 19.6 Å². The Bertz CT molecular complexity index is 698. The molecule has 1 N–H and O–H groups in total. The van der Waals surface area contributed by atoms with E-state index in [9.17, 15) is 14.4 Å². The number of esters is 1. The van der Waals surface area contributed by atoms with Crippen LogP contribution < -0.4 is 10.1 Å². The zero-order valence-electron chi connectivity index (χ0n) is 16.8. The van der Waals surface area contributed by atoms with Crippen molar-refractivity contribution >= 4 is 17.8 Å². The number of para-hydroxylation sites is 1. The number of methoxy groups -OCH3 is 1. The third-order valence-electron chi connectivity index (χ3n) is 4.35. The van der Waals surface area contributed by atoms with E-state index < -0.39 is 12.1 Å². The minimum absolute atomic E-state index is 0.0333. The van der Waals surface area contributed by atoms with Gasteiger partial charge in [-0.2, -0.15) is 0 Å². The molecule has 0 spiro atoms. The van der Waals surface area contributed by atoms with Crippen LogP contribution in [0.2, 0.25) is 0 Å². The maximum absolute atomic E-state index is 12.5. The molecule has 0 unspecified atom stereocenters. The topological polar surface area (TPSA) is 94.2 Å². The second-order valence-corrected chi connectivity index (χ2v) is 6.84. The molecule has 154 valence electrons. The molecule has 1 aromatic rings. The molecule has 1 aliphatic heterocycles. The van der Waals surface area contributed by atoms with Crippen LogP contribution in [0.25, 0.3) is 0 Å². The molecule has 1 fully saturated rings. The Kier molecular flexibility index (Phi) is 7.80. The fraction of sp³-hybridized carbons (Fsp3) is 0.550. The standard InChI is InChI=1S/C20H28N2O6/c1-13-11-22(12-14(2)27-13)20(25)15(3)28-18(23)9-10-21-19(24)16-7-5-6-8-17(16)26-4/h5-8,13-15H,9-12H2,1-4H3,(H,21,24)/t13-,14+,15-/m0/s1. The van der Waals surface area contributed by atoms with Crippen molar-refractivity contribution in [3.8, 4) is 5.75 Å². The van der Waals surface area contributed by atoms with Crippen molar-refractivity contribution in [2.45, 2.75) is 45.5 Å². The van der Waals surface area contributed by atoms with Crippen molar-refractivity contribution in [2.24, 2.45) is 0 Å². The van der Waals surface area contributed by atoms with Crippen LogP contribution in [0.15, 0.2) is 24.3 Å². The number of carbonyl (C=O) groups is 3. The molecular weight excluding hydrogens is 364 g/mol. The Labute approximate surface area is 165 Å². The van der Waals surface area contributed by atoms with Crippen LogP contribution in [0, 0.1) is 0 Å². The summed E-state index contributed by atoms with van der Waals surface area (Å²) in [6.45, 7) is 6.40. The Morgan fingerprint density at radius 1 is 1.21 bits per heavy atom. The quantitative estimate of drug-likeness (QED) is 0.705. The van der Waals surface area contributed by atoms with Gasteiger partial charge in [0.1, 0.15) is 5.75 Å². The molecule has 1 heterocycles. The number of hydrogen-bond acceptors (Lipinski definition) is 6. The van der Waals surface area contributed by atoms with Gasteiger partial charge in [-0.15, -0.1) is 0 Å². The molecule has 28 heavy (non-hydrogen) atoms. The first-order valence-electron chi connectivity index (χ1n) is 9.36. The van der Waals surface area contributed by atoms with E-state index in [1.165, 1.54) is 7.11 Å². The van der Waals surface area contributed by atoms with Crippen LogP contribution in [0.1, 0.15) is 37.6 Å². The molecule has 1 aromatic carbocycles. The number of rotatable bonds is 7. The summed E-state index contributed by atoms with van der Waals surface area (Å²) in [6.07, 6.45) is -1.02. The van der Waals surface area contributed by atoms with Crippen LogP contribution in [0.5, 0.6) is 5.75 Å². The predicted molar refractivity (Wildman–Crippen MR) is 102 cm³/mol. The highest BCUT2D eigenvalue weighted by molar-refractivity contribution is 5.97. The number of hydrogen-bond donors (Lipinski definition) is 1. The lowest BCUT2D eigenvalue weighted by molar-refractivity contribution is -0.164. The van der Waals surface area contributed by atoms with E-state index in [-0.39, 0.29) is 37.0 Å². The normalized spacial score (nSPS) is 20.2. The fourth-order valence-electron chi connectivity index (χ4n) is 3.13. The molecule has 0 aliphatic carbocycles. The molecule has 0 radical (unpaired) electrons. The van der Waals surface area contributed by atoms with Crippen molar-refractivity contribution in [3.05, 3.63) is 29.8 Å². The molecular formula is C20H28N2O6. The van der Waals surface area contributed by atoms with Crippen molar-refractivity contribution < 1.29 is 28.6 Å². The molecule has 0 bridgehead atoms. The van der Waals surface area contributed by atoms with Crippen LogP contribution in [-0.4, -0.2) is 67.7 Å². The second kappa shape index (κ2) is 10.1. The fourth-order valence-corrected chi connectivity index (χ4v) is 3.13. The largest absolute Gasteiger partial charge is 0.496 e. The lowest BCUT2D eigenvalue weighted by Gasteiger charge is -2.36. The van der Waals surface area contributed by atoms with Gasteiger partial charge in [-0.1, -0.05) is 12.1 Å². The number of carbonyl (C=O) groups excluding carboxylic acids is 3. The lowest BCUT2D eigenvalue weighted by Crippen LogP contribution is -2.51. The van der Waals surface area contributed by atoms with Gasteiger partial charge in [0.2, 0.25) is 0 Å². The van der Waals surface area contributed by atoms with E-state index in [1.807, 2.05) is 13.8 Å². The van der Waals surface area contributed by atoms with Crippen LogP contribution in [0.4, 0.5) is 0 Å². The zero-order valence-corrected chi connectivity index (χ0v) is 16.8. The predicted octanol–water partition coefficient (Wildman–Crippen LogP) is 1.38. The van der Waals surface area contributed by atoms with Crippen molar-refractivity contribution in [1.82, 2.24) is 10.2 Å². The third kappa shape index (κ3) is 5.95. The minimum atomic E-state index is -0.880. The van der Waals surface area contributed by atoms with Gasteiger partial charge in [0.05, 0.1) is 31.3 Å². The molecule has 3 atom stereocenters. The van der Waals surface area contributed by atoms with Crippen molar-refractivity contribution in [2.75, 3.05) is 26.7 Å². The maximum atomic E-state index is 12.5. The highest BCUT2D eigenvalue weighted by Crippen LogP contribution is 2.17. The average Bonchev–Trinajstić information content (AvgIpc) is 2.66. The summed E-state index contributed by atoms with van der Waals surface area (Å²) in [6, 6.07) is 6.81. The summed E-state index contributed by atoms with van der Waals surface area (Å²) in [4.78, 5) is 38.3. The Balaban J connectivity index is 1.77. The molecule has 1 saturated heterocycles. The second-order valence-electron chi connectivity index (χ2n) is 6.84. The van der Waals surface area contributed by atoms with E-state index in [4.69, 9.17) is 14.2 Å². The van der Waals surface area contributed by atoms with Crippen molar-refractivity contribution in [1.29, 1.82) is 0 Å². The number of nitrogens with zero attached hydrogens (tertiary/aromatic N) is 1. The highest BCUT2D eigenvalue weighted by atomic mass is 16.5. The lowest BCUT2D eigenvalue weighted by atomic mass is 10.2. The zero-order chi connectivity index (χ0) is 20.7. The van der Waals surface area contributed by atoms with Gasteiger partial charge in [0.25, 0.3) is 11.8 Å². The first kappa shape index (κ1) is 21.7. The maximum Gasteiger partial charge on any atom is 0.308 e. The Morgan fingerprint density at radius 3 is 2.50 bits per heavy atom. The molecule has 8 heteroatoms. The number of morpholine rings is 1. The monoisotopic (exact) mass is 392 g/mol. The van der Waals surface area contributed by atoms with Crippen LogP contribution in [-0.2, 0) is 19.1 Å². The first-order chi connectivity index (χ1) is 13.3. The average molecular weight is 392 g/mol. The summed E-state index contributed by atoms with van der Waals surface area (Å²) in [7, 11) is 1.48. The van der Waals surface area contributed by atoms with Gasteiger partial charge in [-0.05, 0) is 32.9 Å². The van der Waals surface area contributed by atoms with Gasteiger partial charge in [-0.3, -0.25) is 14.4 Å². The summed E-state index contributed by atoms with van der Waals surface area (Å²) >= 11 is 0. The smallest absolute Gasteiger partial charge is 0.308 e. The number of benzene rings is 1. The van der Waals surface area contributed by atoms with Crippen LogP contribution in [0.3, 0.4) is 0 Å². The van der Waals surface area contributed by atoms with Crippen LogP contribution >= 0.6 is 0 Å².